The van der Waals surface area contributed by atoms with Crippen LogP contribution in [0.3, 0.4) is 0 Å². The molecule has 8 nitrogen and oxygen atoms in total. The highest BCUT2D eigenvalue weighted by Gasteiger charge is 2.22. The highest BCUT2D eigenvalue weighted by molar-refractivity contribution is 5.90. The van der Waals surface area contributed by atoms with Crippen LogP contribution >= 0.6 is 0 Å². The number of phenolic OH excluding ortho intramolecular Hbond substituents is 2. The predicted molar refractivity (Wildman–Crippen MR) is 93.3 cm³/mol. The van der Waals surface area contributed by atoms with Crippen LogP contribution in [0.15, 0.2) is 21.3 Å². The van der Waals surface area contributed by atoms with Crippen LogP contribution < -0.4 is 10.9 Å². The van der Waals surface area contributed by atoms with Gasteiger partial charge in [-0.15, -0.1) is 0 Å². The molecule has 0 saturated heterocycles. The Labute approximate surface area is 149 Å². The summed E-state index contributed by atoms with van der Waals surface area (Å²) < 4.78 is 5.04. The lowest BCUT2D eigenvalue weighted by molar-refractivity contribution is -0.142. The molecule has 1 unspecified atom stereocenters. The van der Waals surface area contributed by atoms with Crippen molar-refractivity contribution >= 4 is 22.8 Å². The number of aliphatic carboxylic acids is 1. The van der Waals surface area contributed by atoms with Gasteiger partial charge in [0.2, 0.25) is 11.7 Å². The summed E-state index contributed by atoms with van der Waals surface area (Å²) in [6.07, 6.45) is 1.40. The molecule has 0 bridgehead atoms. The topological polar surface area (TPSA) is 137 Å². The maximum Gasteiger partial charge on any atom is 0.340 e. The number of aromatic hydroxyl groups is 2. The second-order valence-electron chi connectivity index (χ2n) is 6.08. The third-order valence-electron chi connectivity index (χ3n) is 4.23. The van der Waals surface area contributed by atoms with Crippen molar-refractivity contribution in [1.82, 2.24) is 5.32 Å². The number of amides is 1. The maximum absolute atomic E-state index is 12.2. The fourth-order valence-electron chi connectivity index (χ4n) is 2.71. The molecule has 140 valence electrons. The largest absolute Gasteiger partial charge is 0.504 e. The second kappa shape index (κ2) is 7.90. The molecule has 0 aliphatic heterocycles. The summed E-state index contributed by atoms with van der Waals surface area (Å²) in [4.78, 5) is 35.6. The van der Waals surface area contributed by atoms with Crippen LogP contribution in [-0.2, 0) is 16.0 Å². The molecule has 0 fully saturated rings. The van der Waals surface area contributed by atoms with E-state index in [1.807, 2.05) is 6.92 Å². The van der Waals surface area contributed by atoms with Crippen molar-refractivity contribution in [2.45, 2.75) is 45.6 Å². The van der Waals surface area contributed by atoms with Crippen molar-refractivity contribution < 1.29 is 29.3 Å². The lowest BCUT2D eigenvalue weighted by Gasteiger charge is -2.14. The Hall–Kier alpha value is -3.03. The number of carboxylic acid groups (broad SMARTS) is 1. The van der Waals surface area contributed by atoms with Gasteiger partial charge in [0, 0.05) is 5.39 Å². The second-order valence-corrected chi connectivity index (χ2v) is 6.08. The Kier molecular flexibility index (Phi) is 5.86. The summed E-state index contributed by atoms with van der Waals surface area (Å²) in [5, 5.41) is 31.3. The number of phenols is 2. The van der Waals surface area contributed by atoms with E-state index < -0.39 is 35.0 Å². The summed E-state index contributed by atoms with van der Waals surface area (Å²) in [7, 11) is 0. The molecular formula is C18H21NO7. The molecule has 1 heterocycles. The van der Waals surface area contributed by atoms with Crippen LogP contribution in [0.4, 0.5) is 0 Å². The normalized spacial score (nSPS) is 12.1. The number of hydrogen-bond acceptors (Lipinski definition) is 6. The molecule has 0 aliphatic carbocycles. The van der Waals surface area contributed by atoms with Gasteiger partial charge in [0.1, 0.15) is 6.04 Å². The van der Waals surface area contributed by atoms with Gasteiger partial charge in [-0.25, -0.2) is 9.59 Å². The Balaban J connectivity index is 2.30. The zero-order valence-corrected chi connectivity index (χ0v) is 14.5. The lowest BCUT2D eigenvalue weighted by Crippen LogP contribution is -2.42. The van der Waals surface area contributed by atoms with Gasteiger partial charge in [-0.2, -0.15) is 0 Å². The third-order valence-corrected chi connectivity index (χ3v) is 4.23. The zero-order valence-electron chi connectivity index (χ0n) is 14.5. The first-order chi connectivity index (χ1) is 12.3. The number of aryl methyl sites for hydroxylation is 1. The van der Waals surface area contributed by atoms with E-state index in [0.29, 0.717) is 23.8 Å². The first kappa shape index (κ1) is 19.3. The number of hydrogen-bond donors (Lipinski definition) is 4. The molecule has 1 amide bonds. The Morgan fingerprint density at radius 2 is 1.96 bits per heavy atom. The summed E-state index contributed by atoms with van der Waals surface area (Å²) >= 11 is 0. The van der Waals surface area contributed by atoms with Crippen LogP contribution in [0.1, 0.15) is 37.3 Å². The summed E-state index contributed by atoms with van der Waals surface area (Å²) in [6, 6.07) is 1.70. The molecular weight excluding hydrogens is 342 g/mol. The van der Waals surface area contributed by atoms with Gasteiger partial charge >= 0.3 is 11.6 Å². The Morgan fingerprint density at radius 3 is 2.58 bits per heavy atom. The average molecular weight is 363 g/mol. The molecule has 0 saturated carbocycles. The van der Waals surface area contributed by atoms with Crippen molar-refractivity contribution in [2.75, 3.05) is 0 Å². The number of unbranched alkanes of at least 4 members (excludes halogenated alkanes) is 1. The zero-order chi connectivity index (χ0) is 19.4. The molecule has 2 rings (SSSR count). The minimum absolute atomic E-state index is 0.0692. The van der Waals surface area contributed by atoms with E-state index in [1.165, 1.54) is 12.1 Å². The van der Waals surface area contributed by atoms with Crippen molar-refractivity contribution in [3.63, 3.8) is 0 Å². The van der Waals surface area contributed by atoms with Gasteiger partial charge in [-0.3, -0.25) is 4.79 Å². The number of carboxylic acids is 1. The number of benzene rings is 1. The van der Waals surface area contributed by atoms with Crippen LogP contribution in [0.2, 0.25) is 0 Å². The highest BCUT2D eigenvalue weighted by Crippen LogP contribution is 2.34. The molecule has 1 atom stereocenters. The minimum Gasteiger partial charge on any atom is -0.504 e. The van der Waals surface area contributed by atoms with Crippen molar-refractivity contribution in [3.05, 3.63) is 33.7 Å². The SMILES string of the molecule is CCCCC(NC(=O)Cc1c(C)c2ccc(O)c(O)c2oc1=O)C(=O)O. The molecule has 8 heteroatoms. The smallest absolute Gasteiger partial charge is 0.340 e. The third kappa shape index (κ3) is 3.96. The van der Waals surface area contributed by atoms with Crippen molar-refractivity contribution in [1.29, 1.82) is 0 Å². The number of carbonyl (C=O) groups excluding carboxylic acids is 1. The van der Waals surface area contributed by atoms with Crippen LogP contribution in [0, 0.1) is 6.92 Å². The van der Waals surface area contributed by atoms with E-state index in [-0.39, 0.29) is 17.6 Å². The molecule has 2 aromatic rings. The van der Waals surface area contributed by atoms with E-state index in [1.54, 1.807) is 6.92 Å². The maximum atomic E-state index is 12.2. The van der Waals surface area contributed by atoms with Gasteiger partial charge in [0.15, 0.2) is 11.3 Å². The van der Waals surface area contributed by atoms with Gasteiger partial charge in [0.05, 0.1) is 12.0 Å². The van der Waals surface area contributed by atoms with Crippen LogP contribution in [-0.4, -0.2) is 33.2 Å². The van der Waals surface area contributed by atoms with E-state index in [2.05, 4.69) is 5.32 Å². The van der Waals surface area contributed by atoms with E-state index in [0.717, 1.165) is 6.42 Å². The van der Waals surface area contributed by atoms with Gasteiger partial charge in [0.25, 0.3) is 0 Å². The standard InChI is InChI=1S/C18H21NO7/c1-3-4-5-12(17(23)24)19-14(21)8-11-9(2)10-6-7-13(20)15(22)16(10)26-18(11)25/h6-7,12,20,22H,3-5,8H2,1-2H3,(H,19,21)(H,23,24). The first-order valence-electron chi connectivity index (χ1n) is 8.25. The quantitative estimate of drug-likeness (QED) is 0.435. The lowest BCUT2D eigenvalue weighted by atomic mass is 10.0. The van der Waals surface area contributed by atoms with Crippen LogP contribution in [0.5, 0.6) is 11.5 Å². The predicted octanol–water partition coefficient (Wildman–Crippen LogP) is 1.81. The minimum atomic E-state index is -1.13. The Morgan fingerprint density at radius 1 is 1.27 bits per heavy atom. The van der Waals surface area contributed by atoms with E-state index >= 15 is 0 Å². The highest BCUT2D eigenvalue weighted by atomic mass is 16.4. The summed E-state index contributed by atoms with van der Waals surface area (Å²) in [6.45, 7) is 3.50. The molecule has 1 aromatic heterocycles. The van der Waals surface area contributed by atoms with Crippen LogP contribution in [0.25, 0.3) is 11.0 Å². The number of fused-ring (bicyclic) bond motifs is 1. The number of rotatable bonds is 7. The fourth-order valence-corrected chi connectivity index (χ4v) is 2.71. The molecule has 0 radical (unpaired) electrons. The number of carbonyl (C=O) groups is 2. The van der Waals surface area contributed by atoms with Gasteiger partial charge < -0.3 is 25.1 Å². The molecule has 26 heavy (non-hydrogen) atoms. The first-order valence-corrected chi connectivity index (χ1v) is 8.25. The van der Waals surface area contributed by atoms with Crippen molar-refractivity contribution in [2.24, 2.45) is 0 Å². The van der Waals surface area contributed by atoms with Gasteiger partial charge in [-0.1, -0.05) is 19.8 Å². The molecule has 0 aliphatic rings. The molecule has 0 spiro atoms. The number of nitrogens with one attached hydrogen (secondary N) is 1. The fraction of sp³-hybridized carbons (Fsp3) is 0.389. The van der Waals surface area contributed by atoms with E-state index in [9.17, 15) is 29.7 Å². The molecule has 4 N–H and O–H groups in total. The Bertz CT molecular complexity index is 901. The summed E-state index contributed by atoms with van der Waals surface area (Å²) in [5.74, 6) is -2.71. The van der Waals surface area contributed by atoms with E-state index in [4.69, 9.17) is 4.42 Å². The molecule has 1 aromatic carbocycles. The van der Waals surface area contributed by atoms with Crippen molar-refractivity contribution in [3.8, 4) is 11.5 Å². The van der Waals surface area contributed by atoms with Gasteiger partial charge in [-0.05, 0) is 31.0 Å². The summed E-state index contributed by atoms with van der Waals surface area (Å²) in [5.41, 5.74) is -0.503. The average Bonchev–Trinajstić information content (AvgIpc) is 2.58. The monoisotopic (exact) mass is 363 g/mol.